The zero-order valence-corrected chi connectivity index (χ0v) is 19.9. The van der Waals surface area contributed by atoms with Crippen LogP contribution in [0.4, 0.5) is 5.82 Å². The van der Waals surface area contributed by atoms with Crippen molar-refractivity contribution >= 4 is 11.7 Å². The molecule has 0 spiro atoms. The standard InChI is InChI=1S/C27H33N5O3/c28-25-18-20(6-12-30-25)19-31-13-7-21(8-14-31)26(33)32-15-9-22(10-16-32)27(34,24-5-3-17-35-24)23-4-1-2-11-29-23/h1-6,11-12,17-18,21-22,34H,7-10,13-16,19H2,(H2,28,30). The minimum Gasteiger partial charge on any atom is -0.466 e. The number of anilines is 1. The Hall–Kier alpha value is -3.23. The number of carbonyl (C=O) groups is 1. The highest BCUT2D eigenvalue weighted by Crippen LogP contribution is 2.41. The first-order valence-corrected chi connectivity index (χ1v) is 12.4. The molecular weight excluding hydrogens is 442 g/mol. The van der Waals surface area contributed by atoms with Crippen molar-refractivity contribution in [1.82, 2.24) is 19.8 Å². The van der Waals surface area contributed by atoms with E-state index in [0.29, 0.717) is 43.2 Å². The zero-order chi connectivity index (χ0) is 24.3. The number of likely N-dealkylation sites (tertiary alicyclic amines) is 2. The number of hydrogen-bond donors (Lipinski definition) is 2. The molecule has 0 radical (unpaired) electrons. The smallest absolute Gasteiger partial charge is 0.225 e. The lowest BCUT2D eigenvalue weighted by Gasteiger charge is -2.41. The summed E-state index contributed by atoms with van der Waals surface area (Å²) < 4.78 is 5.65. The van der Waals surface area contributed by atoms with Crippen LogP contribution in [0.2, 0.25) is 0 Å². The van der Waals surface area contributed by atoms with E-state index in [9.17, 15) is 9.90 Å². The van der Waals surface area contributed by atoms with Gasteiger partial charge in [-0.1, -0.05) is 6.07 Å². The maximum atomic E-state index is 13.3. The molecule has 2 fully saturated rings. The fourth-order valence-electron chi connectivity index (χ4n) is 5.59. The number of aliphatic hydroxyl groups is 1. The first kappa shape index (κ1) is 23.5. The van der Waals surface area contributed by atoms with Crippen LogP contribution in [0.3, 0.4) is 0 Å². The quantitative estimate of drug-likeness (QED) is 0.564. The van der Waals surface area contributed by atoms with E-state index in [-0.39, 0.29) is 17.7 Å². The highest BCUT2D eigenvalue weighted by molar-refractivity contribution is 5.79. The van der Waals surface area contributed by atoms with Crippen molar-refractivity contribution in [2.75, 3.05) is 31.9 Å². The van der Waals surface area contributed by atoms with Gasteiger partial charge in [0.05, 0.1) is 12.0 Å². The van der Waals surface area contributed by atoms with Gasteiger partial charge < -0.3 is 20.2 Å². The second-order valence-corrected chi connectivity index (χ2v) is 9.70. The van der Waals surface area contributed by atoms with Gasteiger partial charge in [0.2, 0.25) is 5.91 Å². The number of pyridine rings is 2. The van der Waals surface area contributed by atoms with Gasteiger partial charge in [-0.3, -0.25) is 14.7 Å². The van der Waals surface area contributed by atoms with Crippen molar-refractivity contribution in [2.24, 2.45) is 11.8 Å². The fourth-order valence-corrected chi connectivity index (χ4v) is 5.59. The van der Waals surface area contributed by atoms with E-state index in [1.807, 2.05) is 35.2 Å². The number of nitrogen functional groups attached to an aromatic ring is 1. The number of rotatable bonds is 6. The summed E-state index contributed by atoms with van der Waals surface area (Å²) in [5.41, 5.74) is 6.24. The van der Waals surface area contributed by atoms with Crippen LogP contribution in [0.5, 0.6) is 0 Å². The van der Waals surface area contributed by atoms with Gasteiger partial charge >= 0.3 is 0 Å². The molecule has 8 nitrogen and oxygen atoms in total. The third-order valence-corrected chi connectivity index (χ3v) is 7.54. The largest absolute Gasteiger partial charge is 0.466 e. The summed E-state index contributed by atoms with van der Waals surface area (Å²) in [5.74, 6) is 1.27. The Morgan fingerprint density at radius 1 is 1.03 bits per heavy atom. The van der Waals surface area contributed by atoms with E-state index in [1.165, 1.54) is 0 Å². The molecule has 5 heterocycles. The lowest BCUT2D eigenvalue weighted by molar-refractivity contribution is -0.140. The molecule has 0 bridgehead atoms. The van der Waals surface area contributed by atoms with Crippen LogP contribution in [0.15, 0.2) is 65.5 Å². The molecule has 1 atom stereocenters. The van der Waals surface area contributed by atoms with Gasteiger partial charge in [0.1, 0.15) is 11.6 Å². The molecule has 1 unspecified atom stereocenters. The van der Waals surface area contributed by atoms with Crippen LogP contribution in [-0.4, -0.2) is 57.0 Å². The summed E-state index contributed by atoms with van der Waals surface area (Å²) in [4.78, 5) is 26.2. The Kier molecular flexibility index (Phi) is 6.83. The number of carbonyl (C=O) groups excluding carboxylic acids is 1. The maximum Gasteiger partial charge on any atom is 0.225 e. The van der Waals surface area contributed by atoms with Gasteiger partial charge in [-0.15, -0.1) is 0 Å². The van der Waals surface area contributed by atoms with E-state index in [4.69, 9.17) is 10.2 Å². The Morgan fingerprint density at radius 2 is 1.83 bits per heavy atom. The van der Waals surface area contributed by atoms with Gasteiger partial charge in [-0.2, -0.15) is 0 Å². The van der Waals surface area contributed by atoms with Crippen LogP contribution < -0.4 is 5.73 Å². The normalized spacial score (nSPS) is 20.0. The highest BCUT2D eigenvalue weighted by atomic mass is 16.4. The molecule has 2 aliphatic rings. The summed E-state index contributed by atoms with van der Waals surface area (Å²) in [6, 6.07) is 13.1. The Morgan fingerprint density at radius 3 is 2.49 bits per heavy atom. The lowest BCUT2D eigenvalue weighted by atomic mass is 9.76. The van der Waals surface area contributed by atoms with E-state index in [0.717, 1.165) is 38.0 Å². The number of nitrogens with zero attached hydrogens (tertiary/aromatic N) is 4. The monoisotopic (exact) mass is 475 g/mol. The van der Waals surface area contributed by atoms with Gasteiger partial charge in [-0.05, 0) is 80.7 Å². The van der Waals surface area contributed by atoms with Gasteiger partial charge in [0.25, 0.3) is 0 Å². The molecule has 0 aromatic carbocycles. The molecule has 3 N–H and O–H groups in total. The summed E-state index contributed by atoms with van der Waals surface area (Å²) >= 11 is 0. The van der Waals surface area contributed by atoms with Crippen LogP contribution in [-0.2, 0) is 16.9 Å². The molecule has 5 rings (SSSR count). The zero-order valence-electron chi connectivity index (χ0n) is 19.9. The molecule has 3 aromatic heterocycles. The molecule has 1 amide bonds. The van der Waals surface area contributed by atoms with Crippen molar-refractivity contribution in [3.05, 3.63) is 78.1 Å². The van der Waals surface area contributed by atoms with E-state index < -0.39 is 5.60 Å². The average molecular weight is 476 g/mol. The van der Waals surface area contributed by atoms with Gasteiger partial charge in [0.15, 0.2) is 5.60 Å². The average Bonchev–Trinajstić information content (AvgIpc) is 3.45. The maximum absolute atomic E-state index is 13.3. The Bertz CT molecular complexity index is 1110. The molecule has 3 aromatic rings. The minimum atomic E-state index is -1.30. The second-order valence-electron chi connectivity index (χ2n) is 9.70. The topological polar surface area (TPSA) is 109 Å². The van der Waals surface area contributed by atoms with Gasteiger partial charge in [-0.25, -0.2) is 4.98 Å². The van der Waals surface area contributed by atoms with E-state index >= 15 is 0 Å². The SMILES string of the molecule is Nc1cc(CN2CCC(C(=O)N3CCC(C(O)(c4ccccn4)c4ccco4)CC3)CC2)ccn1. The number of furan rings is 1. The van der Waals surface area contributed by atoms with Crippen molar-refractivity contribution in [3.63, 3.8) is 0 Å². The van der Waals surface area contributed by atoms with Crippen molar-refractivity contribution < 1.29 is 14.3 Å². The van der Waals surface area contributed by atoms with Crippen molar-refractivity contribution in [3.8, 4) is 0 Å². The molecule has 8 heteroatoms. The number of nitrogens with two attached hydrogens (primary N) is 1. The molecule has 184 valence electrons. The van der Waals surface area contributed by atoms with Crippen LogP contribution in [0.25, 0.3) is 0 Å². The fraction of sp³-hybridized carbons (Fsp3) is 0.444. The number of piperidine rings is 2. The van der Waals surface area contributed by atoms with Gasteiger partial charge in [0, 0.05) is 43.9 Å². The predicted molar refractivity (Wildman–Crippen MR) is 132 cm³/mol. The minimum absolute atomic E-state index is 0.0602. The summed E-state index contributed by atoms with van der Waals surface area (Å²) in [6.45, 7) is 3.89. The first-order valence-electron chi connectivity index (χ1n) is 12.4. The van der Waals surface area contributed by atoms with Crippen LogP contribution in [0.1, 0.15) is 42.7 Å². The lowest BCUT2D eigenvalue weighted by Crippen LogP contribution is -2.49. The van der Waals surface area contributed by atoms with Crippen LogP contribution in [0, 0.1) is 11.8 Å². The van der Waals surface area contributed by atoms with Crippen molar-refractivity contribution in [1.29, 1.82) is 0 Å². The molecular formula is C27H33N5O3. The van der Waals surface area contributed by atoms with Crippen LogP contribution >= 0.6 is 0 Å². The number of aromatic nitrogens is 2. The van der Waals surface area contributed by atoms with Crippen molar-refractivity contribution in [2.45, 2.75) is 37.8 Å². The second kappa shape index (κ2) is 10.2. The Labute approximate surface area is 205 Å². The summed E-state index contributed by atoms with van der Waals surface area (Å²) in [7, 11) is 0. The molecule has 0 aliphatic carbocycles. The highest BCUT2D eigenvalue weighted by Gasteiger charge is 2.45. The Balaban J connectivity index is 1.18. The predicted octanol–water partition coefficient (Wildman–Crippen LogP) is 3.04. The molecule has 35 heavy (non-hydrogen) atoms. The van der Waals surface area contributed by atoms with E-state index in [2.05, 4.69) is 14.9 Å². The molecule has 2 saturated heterocycles. The summed E-state index contributed by atoms with van der Waals surface area (Å²) in [6.07, 6.45) is 8.14. The number of hydrogen-bond acceptors (Lipinski definition) is 7. The third kappa shape index (κ3) is 4.94. The summed E-state index contributed by atoms with van der Waals surface area (Å²) in [5, 5.41) is 11.8. The third-order valence-electron chi connectivity index (χ3n) is 7.54. The first-order chi connectivity index (χ1) is 17.0. The van der Waals surface area contributed by atoms with E-state index in [1.54, 1.807) is 30.8 Å². The molecule has 0 saturated carbocycles. The number of amides is 1. The molecule has 2 aliphatic heterocycles.